The number of nitrogens with one attached hydrogen (secondary N) is 1. The molecule has 6 heteroatoms. The number of carbonyl (C=O) groups is 1. The molecule has 0 fully saturated rings. The van der Waals surface area contributed by atoms with E-state index in [1.807, 2.05) is 11.0 Å². The van der Waals surface area contributed by atoms with Gasteiger partial charge in [-0.15, -0.1) is 11.3 Å². The van der Waals surface area contributed by atoms with Crippen molar-refractivity contribution in [1.82, 2.24) is 4.90 Å². The molecule has 1 heterocycles. The number of carbonyl (C=O) groups excluding carboxylic acids is 1. The Morgan fingerprint density at radius 1 is 1.58 bits per heavy atom. The van der Waals surface area contributed by atoms with E-state index < -0.39 is 0 Å². The van der Waals surface area contributed by atoms with E-state index in [0.29, 0.717) is 17.1 Å². The number of hydrogen-bond acceptors (Lipinski definition) is 5. The molecule has 0 bridgehead atoms. The molecule has 0 radical (unpaired) electrons. The Kier molecular flexibility index (Phi) is 7.11. The lowest BCUT2D eigenvalue weighted by Crippen LogP contribution is -2.35. The fourth-order valence-corrected chi connectivity index (χ4v) is 2.41. The molecule has 1 aromatic rings. The summed E-state index contributed by atoms with van der Waals surface area (Å²) in [6.45, 7) is 3.65. The highest BCUT2D eigenvalue weighted by atomic mass is 32.1. The van der Waals surface area contributed by atoms with Crippen LogP contribution >= 0.6 is 11.3 Å². The van der Waals surface area contributed by atoms with E-state index in [-0.39, 0.29) is 19.1 Å². The Balaban J connectivity index is 2.50. The lowest BCUT2D eigenvalue weighted by molar-refractivity contribution is -0.117. The monoisotopic (exact) mass is 281 g/mol. The summed E-state index contributed by atoms with van der Waals surface area (Å²) >= 11 is 1.34. The molecular weight excluding hydrogens is 262 g/mol. The summed E-state index contributed by atoms with van der Waals surface area (Å²) < 4.78 is 0. The van der Waals surface area contributed by atoms with E-state index in [1.54, 1.807) is 11.4 Å². The summed E-state index contributed by atoms with van der Waals surface area (Å²) in [6.07, 6.45) is 2.04. The number of amides is 1. The Bertz CT molecular complexity index is 439. The van der Waals surface area contributed by atoms with Crippen molar-refractivity contribution in [3.05, 3.63) is 17.0 Å². The number of aliphatic hydroxyl groups is 1. The maximum Gasteiger partial charge on any atom is 0.239 e. The summed E-state index contributed by atoms with van der Waals surface area (Å²) in [5.74, 6) is -0.150. The minimum absolute atomic E-state index is 0.0411. The lowest BCUT2D eigenvalue weighted by atomic mass is 10.3. The first kappa shape index (κ1) is 15.6. The second-order valence-corrected chi connectivity index (χ2v) is 5.09. The SMILES string of the molecule is CCCCN(CCO)CC(=O)Nc1sccc1C#N. The average Bonchev–Trinajstić information content (AvgIpc) is 2.83. The van der Waals surface area contributed by atoms with Gasteiger partial charge in [0.15, 0.2) is 0 Å². The van der Waals surface area contributed by atoms with E-state index in [2.05, 4.69) is 12.2 Å². The van der Waals surface area contributed by atoms with Crippen LogP contribution in [-0.4, -0.2) is 42.2 Å². The highest BCUT2D eigenvalue weighted by Gasteiger charge is 2.12. The molecule has 0 unspecified atom stereocenters. The standard InChI is InChI=1S/C13H19N3O2S/c1-2-3-5-16(6-7-17)10-12(18)15-13-11(9-14)4-8-19-13/h4,8,17H,2-3,5-7,10H2,1H3,(H,15,18). The van der Waals surface area contributed by atoms with Crippen molar-refractivity contribution < 1.29 is 9.90 Å². The van der Waals surface area contributed by atoms with Gasteiger partial charge < -0.3 is 10.4 Å². The van der Waals surface area contributed by atoms with Gasteiger partial charge in [0.05, 0.1) is 18.7 Å². The minimum atomic E-state index is -0.150. The van der Waals surface area contributed by atoms with Crippen LogP contribution in [0.1, 0.15) is 25.3 Å². The van der Waals surface area contributed by atoms with Crippen LogP contribution < -0.4 is 5.32 Å². The van der Waals surface area contributed by atoms with Crippen LogP contribution in [0.2, 0.25) is 0 Å². The molecule has 5 nitrogen and oxygen atoms in total. The van der Waals surface area contributed by atoms with E-state index >= 15 is 0 Å². The predicted molar refractivity (Wildman–Crippen MR) is 76.1 cm³/mol. The Morgan fingerprint density at radius 2 is 2.37 bits per heavy atom. The van der Waals surface area contributed by atoms with Crippen LogP contribution in [0.15, 0.2) is 11.4 Å². The van der Waals surface area contributed by atoms with Crippen molar-refractivity contribution in [2.75, 3.05) is 31.6 Å². The number of unbranched alkanes of at least 4 members (excludes halogenated alkanes) is 1. The number of rotatable bonds is 8. The Labute approximate surface area is 117 Å². The molecule has 0 saturated heterocycles. The summed E-state index contributed by atoms with van der Waals surface area (Å²) in [6, 6.07) is 3.72. The van der Waals surface area contributed by atoms with Gasteiger partial charge in [-0.3, -0.25) is 9.69 Å². The molecule has 0 atom stereocenters. The van der Waals surface area contributed by atoms with Gasteiger partial charge in [0.1, 0.15) is 11.1 Å². The van der Waals surface area contributed by atoms with Crippen LogP contribution in [-0.2, 0) is 4.79 Å². The van der Waals surface area contributed by atoms with Crippen LogP contribution in [0.3, 0.4) is 0 Å². The predicted octanol–water partition coefficient (Wildman–Crippen LogP) is 1.65. The second kappa shape index (κ2) is 8.64. The molecule has 0 saturated carbocycles. The van der Waals surface area contributed by atoms with Crippen molar-refractivity contribution in [2.24, 2.45) is 0 Å². The molecule has 0 aromatic carbocycles. The normalized spacial score (nSPS) is 10.4. The molecule has 1 amide bonds. The fraction of sp³-hybridized carbons (Fsp3) is 0.538. The third kappa shape index (κ3) is 5.39. The summed E-state index contributed by atoms with van der Waals surface area (Å²) in [5.41, 5.74) is 0.487. The minimum Gasteiger partial charge on any atom is -0.395 e. The number of anilines is 1. The molecule has 1 aromatic heterocycles. The molecule has 1 rings (SSSR count). The van der Waals surface area contributed by atoms with Crippen LogP contribution in [0.25, 0.3) is 0 Å². The van der Waals surface area contributed by atoms with Crippen molar-refractivity contribution >= 4 is 22.2 Å². The van der Waals surface area contributed by atoms with Crippen molar-refractivity contribution in [3.8, 4) is 6.07 Å². The quantitative estimate of drug-likeness (QED) is 0.759. The molecular formula is C13H19N3O2S. The number of thiophene rings is 1. The maximum absolute atomic E-state index is 11.9. The number of hydrogen-bond donors (Lipinski definition) is 2. The summed E-state index contributed by atoms with van der Waals surface area (Å²) in [4.78, 5) is 13.8. The molecule has 0 aliphatic carbocycles. The largest absolute Gasteiger partial charge is 0.395 e. The van der Waals surface area contributed by atoms with E-state index in [0.717, 1.165) is 19.4 Å². The van der Waals surface area contributed by atoms with E-state index in [1.165, 1.54) is 11.3 Å². The Hall–Kier alpha value is -1.42. The van der Waals surface area contributed by atoms with Crippen molar-refractivity contribution in [3.63, 3.8) is 0 Å². The van der Waals surface area contributed by atoms with Gasteiger partial charge >= 0.3 is 0 Å². The van der Waals surface area contributed by atoms with E-state index in [9.17, 15) is 4.79 Å². The number of nitriles is 1. The van der Waals surface area contributed by atoms with Crippen LogP contribution in [0, 0.1) is 11.3 Å². The zero-order chi connectivity index (χ0) is 14.1. The molecule has 0 aliphatic heterocycles. The number of nitrogens with zero attached hydrogens (tertiary/aromatic N) is 2. The van der Waals surface area contributed by atoms with Gasteiger partial charge in [0.25, 0.3) is 0 Å². The van der Waals surface area contributed by atoms with Gasteiger partial charge in [-0.1, -0.05) is 13.3 Å². The van der Waals surface area contributed by atoms with Gasteiger partial charge in [0, 0.05) is 6.54 Å². The second-order valence-electron chi connectivity index (χ2n) is 4.18. The van der Waals surface area contributed by atoms with Gasteiger partial charge in [0.2, 0.25) is 5.91 Å². The first-order valence-corrected chi connectivity index (χ1v) is 7.19. The third-order valence-corrected chi connectivity index (χ3v) is 3.48. The molecule has 0 aliphatic rings. The Morgan fingerprint density at radius 3 is 3.00 bits per heavy atom. The van der Waals surface area contributed by atoms with Gasteiger partial charge in [-0.25, -0.2) is 0 Å². The first-order valence-electron chi connectivity index (χ1n) is 6.32. The molecule has 19 heavy (non-hydrogen) atoms. The highest BCUT2D eigenvalue weighted by Crippen LogP contribution is 2.21. The first-order chi connectivity index (χ1) is 9.21. The molecule has 2 N–H and O–H groups in total. The van der Waals surface area contributed by atoms with E-state index in [4.69, 9.17) is 10.4 Å². The van der Waals surface area contributed by atoms with Crippen LogP contribution in [0.4, 0.5) is 5.00 Å². The molecule has 104 valence electrons. The summed E-state index contributed by atoms with van der Waals surface area (Å²) in [7, 11) is 0. The lowest BCUT2D eigenvalue weighted by Gasteiger charge is -2.20. The fourth-order valence-electron chi connectivity index (χ4n) is 1.66. The van der Waals surface area contributed by atoms with Crippen molar-refractivity contribution in [1.29, 1.82) is 5.26 Å². The van der Waals surface area contributed by atoms with Gasteiger partial charge in [-0.2, -0.15) is 5.26 Å². The number of aliphatic hydroxyl groups excluding tert-OH is 1. The maximum atomic E-state index is 11.9. The van der Waals surface area contributed by atoms with Crippen molar-refractivity contribution in [2.45, 2.75) is 19.8 Å². The zero-order valence-electron chi connectivity index (χ0n) is 11.1. The molecule has 0 spiro atoms. The average molecular weight is 281 g/mol. The van der Waals surface area contributed by atoms with Crippen LogP contribution in [0.5, 0.6) is 0 Å². The third-order valence-electron chi connectivity index (χ3n) is 2.65. The van der Waals surface area contributed by atoms with Gasteiger partial charge in [-0.05, 0) is 24.4 Å². The zero-order valence-corrected chi connectivity index (χ0v) is 11.9. The smallest absolute Gasteiger partial charge is 0.239 e. The topological polar surface area (TPSA) is 76.4 Å². The highest BCUT2D eigenvalue weighted by molar-refractivity contribution is 7.14. The summed E-state index contributed by atoms with van der Waals surface area (Å²) in [5, 5.41) is 22.9.